The Balaban J connectivity index is 2.16. The Labute approximate surface area is 174 Å². The Hall–Kier alpha value is -2.82. The molecular formula is C24H32N2O3. The second-order valence-corrected chi connectivity index (χ2v) is 7.83. The molecule has 0 saturated carbocycles. The largest absolute Gasteiger partial charge is 0.483 e. The van der Waals surface area contributed by atoms with Gasteiger partial charge in [-0.05, 0) is 43.9 Å². The molecule has 29 heavy (non-hydrogen) atoms. The average Bonchev–Trinajstić information content (AvgIpc) is 2.70. The molecule has 0 fully saturated rings. The number of hydrogen-bond acceptors (Lipinski definition) is 3. The molecule has 0 spiro atoms. The van der Waals surface area contributed by atoms with Crippen LogP contribution in [0.15, 0.2) is 54.6 Å². The van der Waals surface area contributed by atoms with E-state index in [0.717, 1.165) is 11.1 Å². The number of carbonyl (C=O) groups is 2. The number of carbonyl (C=O) groups excluding carboxylic acids is 2. The van der Waals surface area contributed by atoms with Gasteiger partial charge in [0.2, 0.25) is 5.91 Å². The molecule has 0 aliphatic heterocycles. The van der Waals surface area contributed by atoms with E-state index in [9.17, 15) is 9.59 Å². The van der Waals surface area contributed by atoms with Crippen molar-refractivity contribution in [2.24, 2.45) is 0 Å². The average molecular weight is 397 g/mol. The third-order valence-electron chi connectivity index (χ3n) is 4.69. The van der Waals surface area contributed by atoms with E-state index in [2.05, 4.69) is 19.2 Å². The second-order valence-electron chi connectivity index (χ2n) is 7.83. The maximum absolute atomic E-state index is 13.1. The van der Waals surface area contributed by atoms with Crippen LogP contribution >= 0.6 is 0 Å². The molecule has 2 aromatic rings. The van der Waals surface area contributed by atoms with Gasteiger partial charge in [0.1, 0.15) is 11.8 Å². The highest BCUT2D eigenvalue weighted by molar-refractivity contribution is 5.88. The number of para-hydroxylation sites is 1. The number of amides is 2. The van der Waals surface area contributed by atoms with Crippen molar-refractivity contribution in [3.05, 3.63) is 65.7 Å². The summed E-state index contributed by atoms with van der Waals surface area (Å²) in [4.78, 5) is 27.2. The van der Waals surface area contributed by atoms with Crippen LogP contribution in [0.5, 0.6) is 5.75 Å². The number of benzene rings is 2. The summed E-state index contributed by atoms with van der Waals surface area (Å²) in [6.45, 7) is 9.96. The van der Waals surface area contributed by atoms with E-state index in [1.165, 1.54) is 0 Å². The summed E-state index contributed by atoms with van der Waals surface area (Å²) in [5.41, 5.74) is 2.02. The first-order chi connectivity index (χ1) is 13.8. The van der Waals surface area contributed by atoms with Gasteiger partial charge in [0.25, 0.3) is 5.91 Å². The molecule has 0 saturated heterocycles. The molecule has 1 unspecified atom stereocenters. The van der Waals surface area contributed by atoms with Gasteiger partial charge in [-0.25, -0.2) is 0 Å². The molecule has 0 aliphatic carbocycles. The molecule has 2 amide bonds. The van der Waals surface area contributed by atoms with Gasteiger partial charge in [-0.1, -0.05) is 62.4 Å². The molecule has 156 valence electrons. The van der Waals surface area contributed by atoms with E-state index in [1.54, 1.807) is 11.8 Å². The van der Waals surface area contributed by atoms with Crippen LogP contribution in [0.25, 0.3) is 0 Å². The minimum absolute atomic E-state index is 0.00722. The van der Waals surface area contributed by atoms with E-state index in [-0.39, 0.29) is 30.4 Å². The predicted octanol–water partition coefficient (Wildman–Crippen LogP) is 4.13. The monoisotopic (exact) mass is 396 g/mol. The molecule has 1 atom stereocenters. The molecule has 1 N–H and O–H groups in total. The van der Waals surface area contributed by atoms with Crippen LogP contribution in [0.3, 0.4) is 0 Å². The van der Waals surface area contributed by atoms with Gasteiger partial charge in [0, 0.05) is 12.6 Å². The van der Waals surface area contributed by atoms with E-state index in [4.69, 9.17) is 4.74 Å². The van der Waals surface area contributed by atoms with Crippen molar-refractivity contribution < 1.29 is 14.3 Å². The molecular weight excluding hydrogens is 364 g/mol. The molecule has 0 heterocycles. The molecule has 5 nitrogen and oxygen atoms in total. The van der Waals surface area contributed by atoms with Gasteiger partial charge in [0.15, 0.2) is 6.61 Å². The van der Waals surface area contributed by atoms with Crippen molar-refractivity contribution >= 4 is 11.8 Å². The van der Waals surface area contributed by atoms with Gasteiger partial charge in [0.05, 0.1) is 0 Å². The number of hydrogen-bond donors (Lipinski definition) is 1. The van der Waals surface area contributed by atoms with Crippen molar-refractivity contribution in [2.75, 3.05) is 6.61 Å². The Morgan fingerprint density at radius 1 is 0.931 bits per heavy atom. The van der Waals surface area contributed by atoms with E-state index in [0.29, 0.717) is 12.3 Å². The fourth-order valence-electron chi connectivity index (χ4n) is 3.08. The summed E-state index contributed by atoms with van der Waals surface area (Å²) in [6.07, 6.45) is 0. The lowest BCUT2D eigenvalue weighted by atomic mass is 10.0. The maximum Gasteiger partial charge on any atom is 0.261 e. The van der Waals surface area contributed by atoms with Crippen LogP contribution in [0.4, 0.5) is 0 Å². The summed E-state index contributed by atoms with van der Waals surface area (Å²) < 4.78 is 5.87. The van der Waals surface area contributed by atoms with Crippen LogP contribution in [0, 0.1) is 0 Å². The van der Waals surface area contributed by atoms with Gasteiger partial charge < -0.3 is 15.0 Å². The first-order valence-electron chi connectivity index (χ1n) is 10.1. The van der Waals surface area contributed by atoms with E-state index in [1.807, 2.05) is 68.4 Å². The number of nitrogens with zero attached hydrogens (tertiary/aromatic N) is 1. The quantitative estimate of drug-likeness (QED) is 0.693. The zero-order valence-corrected chi connectivity index (χ0v) is 18.0. The van der Waals surface area contributed by atoms with Crippen molar-refractivity contribution in [3.63, 3.8) is 0 Å². The highest BCUT2D eigenvalue weighted by Gasteiger charge is 2.27. The fraction of sp³-hybridized carbons (Fsp3) is 0.417. The Morgan fingerprint density at radius 2 is 1.55 bits per heavy atom. The van der Waals surface area contributed by atoms with Crippen LogP contribution < -0.4 is 10.1 Å². The molecule has 5 heteroatoms. The van der Waals surface area contributed by atoms with Crippen LogP contribution in [0.2, 0.25) is 0 Å². The predicted molar refractivity (Wildman–Crippen MR) is 116 cm³/mol. The molecule has 0 aromatic heterocycles. The first-order valence-corrected chi connectivity index (χ1v) is 10.1. The normalized spacial score (nSPS) is 12.0. The molecule has 2 rings (SSSR count). The topological polar surface area (TPSA) is 58.6 Å². The fourth-order valence-corrected chi connectivity index (χ4v) is 3.08. The van der Waals surface area contributed by atoms with Gasteiger partial charge in [-0.2, -0.15) is 0 Å². The first kappa shape index (κ1) is 22.5. The van der Waals surface area contributed by atoms with Gasteiger partial charge >= 0.3 is 0 Å². The molecule has 0 bridgehead atoms. The lowest BCUT2D eigenvalue weighted by Gasteiger charge is -2.29. The highest BCUT2D eigenvalue weighted by atomic mass is 16.5. The van der Waals surface area contributed by atoms with Crippen molar-refractivity contribution in [1.29, 1.82) is 0 Å². The number of rotatable bonds is 9. The third-order valence-corrected chi connectivity index (χ3v) is 4.69. The minimum Gasteiger partial charge on any atom is -0.483 e. The zero-order valence-electron chi connectivity index (χ0n) is 18.0. The summed E-state index contributed by atoms with van der Waals surface area (Å²) in [7, 11) is 0. The Kier molecular flexibility index (Phi) is 8.25. The third kappa shape index (κ3) is 6.63. The molecule has 0 aliphatic rings. The SMILES string of the molecule is CC(C)NC(=O)C(C)N(Cc1ccccc1)C(=O)COc1ccccc1C(C)C. The lowest BCUT2D eigenvalue weighted by molar-refractivity contribution is -0.142. The number of nitrogens with one attached hydrogen (secondary N) is 1. The van der Waals surface area contributed by atoms with Crippen LogP contribution in [0.1, 0.15) is 51.7 Å². The van der Waals surface area contributed by atoms with E-state index >= 15 is 0 Å². The minimum atomic E-state index is -0.603. The van der Waals surface area contributed by atoms with Gasteiger partial charge in [-0.15, -0.1) is 0 Å². The maximum atomic E-state index is 13.1. The Morgan fingerprint density at radius 3 is 2.17 bits per heavy atom. The van der Waals surface area contributed by atoms with Crippen molar-refractivity contribution in [2.45, 2.75) is 59.2 Å². The molecule has 2 aromatic carbocycles. The number of ether oxygens (including phenoxy) is 1. The summed E-state index contributed by atoms with van der Waals surface area (Å²) in [5.74, 6) is 0.595. The van der Waals surface area contributed by atoms with Crippen molar-refractivity contribution in [3.8, 4) is 5.75 Å². The second kappa shape index (κ2) is 10.6. The van der Waals surface area contributed by atoms with E-state index < -0.39 is 6.04 Å². The van der Waals surface area contributed by atoms with Gasteiger partial charge in [-0.3, -0.25) is 9.59 Å². The standard InChI is InChI=1S/C24H32N2O3/c1-17(2)21-13-9-10-14-22(21)29-16-23(27)26(15-20-11-7-6-8-12-20)19(5)24(28)25-18(3)4/h6-14,17-19H,15-16H2,1-5H3,(H,25,28). The summed E-state index contributed by atoms with van der Waals surface area (Å²) >= 11 is 0. The van der Waals surface area contributed by atoms with Crippen LogP contribution in [-0.4, -0.2) is 35.4 Å². The smallest absolute Gasteiger partial charge is 0.261 e. The van der Waals surface area contributed by atoms with Crippen LogP contribution in [-0.2, 0) is 16.1 Å². The Bertz CT molecular complexity index is 803. The lowest BCUT2D eigenvalue weighted by Crippen LogP contribution is -2.50. The highest BCUT2D eigenvalue weighted by Crippen LogP contribution is 2.26. The zero-order chi connectivity index (χ0) is 21.4. The summed E-state index contributed by atoms with van der Waals surface area (Å²) in [5, 5.41) is 2.89. The van der Waals surface area contributed by atoms with Crippen molar-refractivity contribution in [1.82, 2.24) is 10.2 Å². The molecule has 0 radical (unpaired) electrons. The summed E-state index contributed by atoms with van der Waals surface area (Å²) in [6, 6.07) is 16.8.